The third-order valence-electron chi connectivity index (χ3n) is 3.87. The highest BCUT2D eigenvalue weighted by atomic mass is 32.2. The summed E-state index contributed by atoms with van der Waals surface area (Å²) in [4.78, 5) is 16.1. The van der Waals surface area contributed by atoms with Crippen LogP contribution in [0, 0.1) is 0 Å². The molecule has 0 aliphatic heterocycles. The summed E-state index contributed by atoms with van der Waals surface area (Å²) in [6.45, 7) is 6.56. The third-order valence-corrected chi connectivity index (χ3v) is 5.34. The van der Waals surface area contributed by atoms with E-state index in [2.05, 4.69) is 35.8 Å². The van der Waals surface area contributed by atoms with E-state index in [1.807, 2.05) is 24.3 Å². The summed E-state index contributed by atoms with van der Waals surface area (Å²) < 4.78 is 27.1. The fraction of sp³-hybridized carbons (Fsp3) is 0.368. The van der Waals surface area contributed by atoms with Crippen molar-refractivity contribution in [3.05, 3.63) is 59.9 Å². The van der Waals surface area contributed by atoms with E-state index in [0.717, 1.165) is 11.3 Å². The van der Waals surface area contributed by atoms with Gasteiger partial charge >= 0.3 is 0 Å². The summed E-state index contributed by atoms with van der Waals surface area (Å²) in [5.74, 6) is -0.235. The molecule has 0 aliphatic rings. The van der Waals surface area contributed by atoms with Crippen LogP contribution in [-0.4, -0.2) is 25.9 Å². The zero-order valence-corrected chi connectivity index (χ0v) is 16.1. The lowest BCUT2D eigenvalue weighted by molar-refractivity contribution is -0.121. The normalized spacial score (nSPS) is 12.0. The van der Waals surface area contributed by atoms with Gasteiger partial charge in [0, 0.05) is 19.2 Å². The summed E-state index contributed by atoms with van der Waals surface area (Å²) in [5.41, 5.74) is 1.77. The molecular formula is C19H25N3O3S. The van der Waals surface area contributed by atoms with Gasteiger partial charge in [-0.05, 0) is 35.2 Å². The van der Waals surface area contributed by atoms with Crippen LogP contribution in [0.15, 0.2) is 53.6 Å². The van der Waals surface area contributed by atoms with Gasteiger partial charge in [0.2, 0.25) is 15.9 Å². The Hall–Kier alpha value is -2.25. The molecule has 0 atom stereocenters. The van der Waals surface area contributed by atoms with Crippen molar-refractivity contribution in [3.63, 3.8) is 0 Å². The smallest absolute Gasteiger partial charge is 0.240 e. The first-order valence-electron chi connectivity index (χ1n) is 8.45. The molecule has 0 fully saturated rings. The van der Waals surface area contributed by atoms with Gasteiger partial charge in [-0.25, -0.2) is 13.1 Å². The molecule has 2 aromatic rings. The number of rotatable bonds is 7. The van der Waals surface area contributed by atoms with Crippen LogP contribution < -0.4 is 10.0 Å². The van der Waals surface area contributed by atoms with Crippen molar-refractivity contribution < 1.29 is 13.2 Å². The summed E-state index contributed by atoms with van der Waals surface area (Å²) in [7, 11) is -3.63. The number of pyridine rings is 1. The molecule has 1 aromatic carbocycles. The number of hydrogen-bond donors (Lipinski definition) is 2. The van der Waals surface area contributed by atoms with Gasteiger partial charge in [0.1, 0.15) is 0 Å². The van der Waals surface area contributed by atoms with Gasteiger partial charge in [-0.2, -0.15) is 0 Å². The second-order valence-corrected chi connectivity index (χ2v) is 8.79. The molecule has 0 aliphatic carbocycles. The van der Waals surface area contributed by atoms with Gasteiger partial charge in [-0.3, -0.25) is 9.78 Å². The monoisotopic (exact) mass is 375 g/mol. The Labute approximate surface area is 155 Å². The second-order valence-electron chi connectivity index (χ2n) is 7.02. The third kappa shape index (κ3) is 5.93. The first-order valence-corrected chi connectivity index (χ1v) is 9.93. The molecule has 26 heavy (non-hydrogen) atoms. The Morgan fingerprint density at radius 3 is 2.35 bits per heavy atom. The molecule has 2 N–H and O–H groups in total. The minimum Gasteiger partial charge on any atom is -0.350 e. The standard InChI is InChI=1S/C19H25N3O3S/c1-19(2,3)15-7-9-17(10-8-15)26(24,25)22-13-11-18(23)21-14-16-6-4-5-12-20-16/h4-10,12,22H,11,13-14H2,1-3H3,(H,21,23). The van der Waals surface area contributed by atoms with Crippen molar-refractivity contribution in [1.29, 1.82) is 0 Å². The molecule has 2 rings (SSSR count). The van der Waals surface area contributed by atoms with E-state index in [-0.39, 0.29) is 29.2 Å². The van der Waals surface area contributed by atoms with E-state index in [4.69, 9.17) is 0 Å². The van der Waals surface area contributed by atoms with Crippen molar-refractivity contribution in [2.75, 3.05) is 6.54 Å². The first-order chi connectivity index (χ1) is 12.2. The van der Waals surface area contributed by atoms with Crippen LogP contribution in [-0.2, 0) is 26.8 Å². The summed E-state index contributed by atoms with van der Waals surface area (Å²) >= 11 is 0. The van der Waals surface area contributed by atoms with E-state index in [0.29, 0.717) is 6.54 Å². The van der Waals surface area contributed by atoms with E-state index in [9.17, 15) is 13.2 Å². The maximum atomic E-state index is 12.3. The van der Waals surface area contributed by atoms with Crippen molar-refractivity contribution >= 4 is 15.9 Å². The fourth-order valence-corrected chi connectivity index (χ4v) is 3.33. The Balaban J connectivity index is 1.83. The molecule has 0 saturated heterocycles. The molecule has 1 amide bonds. The van der Waals surface area contributed by atoms with Crippen molar-refractivity contribution in [2.45, 2.75) is 44.0 Å². The van der Waals surface area contributed by atoms with Gasteiger partial charge in [0.15, 0.2) is 0 Å². The Bertz CT molecular complexity index is 827. The molecule has 6 nitrogen and oxygen atoms in total. The molecular weight excluding hydrogens is 350 g/mol. The van der Waals surface area contributed by atoms with Crippen LogP contribution >= 0.6 is 0 Å². The molecule has 140 valence electrons. The number of benzene rings is 1. The number of nitrogens with zero attached hydrogens (tertiary/aromatic N) is 1. The first kappa shape index (κ1) is 20.1. The molecule has 1 heterocycles. The van der Waals surface area contributed by atoms with Crippen LogP contribution in [0.25, 0.3) is 0 Å². The zero-order chi connectivity index (χ0) is 19.2. The average molecular weight is 375 g/mol. The number of amides is 1. The van der Waals surface area contributed by atoms with Crippen LogP contribution in [0.4, 0.5) is 0 Å². The van der Waals surface area contributed by atoms with Crippen molar-refractivity contribution in [2.24, 2.45) is 0 Å². The highest BCUT2D eigenvalue weighted by Crippen LogP contribution is 2.23. The van der Waals surface area contributed by atoms with Crippen LogP contribution in [0.3, 0.4) is 0 Å². The lowest BCUT2D eigenvalue weighted by Gasteiger charge is -2.19. The highest BCUT2D eigenvalue weighted by Gasteiger charge is 2.17. The molecule has 0 saturated carbocycles. The number of sulfonamides is 1. The molecule has 0 radical (unpaired) electrons. The summed E-state index contributed by atoms with van der Waals surface area (Å²) in [5, 5.41) is 2.71. The van der Waals surface area contributed by atoms with Gasteiger partial charge in [0.05, 0.1) is 17.1 Å². The number of carbonyl (C=O) groups is 1. The molecule has 7 heteroatoms. The Morgan fingerprint density at radius 1 is 1.08 bits per heavy atom. The molecule has 0 spiro atoms. The quantitative estimate of drug-likeness (QED) is 0.778. The minimum atomic E-state index is -3.63. The summed E-state index contributed by atoms with van der Waals surface area (Å²) in [6, 6.07) is 12.3. The van der Waals surface area contributed by atoms with E-state index >= 15 is 0 Å². The maximum Gasteiger partial charge on any atom is 0.240 e. The fourth-order valence-electron chi connectivity index (χ4n) is 2.30. The Morgan fingerprint density at radius 2 is 1.77 bits per heavy atom. The van der Waals surface area contributed by atoms with Gasteiger partial charge in [-0.1, -0.05) is 39.0 Å². The minimum absolute atomic E-state index is 0.0391. The summed E-state index contributed by atoms with van der Waals surface area (Å²) in [6.07, 6.45) is 1.71. The average Bonchev–Trinajstić information content (AvgIpc) is 2.60. The van der Waals surface area contributed by atoms with Gasteiger partial charge in [-0.15, -0.1) is 0 Å². The van der Waals surface area contributed by atoms with E-state index in [1.165, 1.54) is 0 Å². The zero-order valence-electron chi connectivity index (χ0n) is 15.3. The lowest BCUT2D eigenvalue weighted by Crippen LogP contribution is -2.30. The molecule has 1 aromatic heterocycles. The van der Waals surface area contributed by atoms with Crippen molar-refractivity contribution in [3.8, 4) is 0 Å². The predicted molar refractivity (Wildman–Crippen MR) is 101 cm³/mol. The number of nitrogens with one attached hydrogen (secondary N) is 2. The topological polar surface area (TPSA) is 88.2 Å². The molecule has 0 unspecified atom stereocenters. The van der Waals surface area contributed by atoms with Gasteiger partial charge in [0.25, 0.3) is 0 Å². The Kier molecular flexibility index (Phi) is 6.50. The lowest BCUT2D eigenvalue weighted by atomic mass is 9.87. The van der Waals surface area contributed by atoms with E-state index < -0.39 is 10.0 Å². The number of aromatic nitrogens is 1. The van der Waals surface area contributed by atoms with Crippen LogP contribution in [0.1, 0.15) is 38.4 Å². The van der Waals surface area contributed by atoms with Crippen LogP contribution in [0.2, 0.25) is 0 Å². The largest absolute Gasteiger partial charge is 0.350 e. The SMILES string of the molecule is CC(C)(C)c1ccc(S(=O)(=O)NCCC(=O)NCc2ccccn2)cc1. The highest BCUT2D eigenvalue weighted by molar-refractivity contribution is 7.89. The number of carbonyl (C=O) groups excluding carboxylic acids is 1. The van der Waals surface area contributed by atoms with E-state index in [1.54, 1.807) is 24.4 Å². The van der Waals surface area contributed by atoms with Crippen molar-refractivity contribution in [1.82, 2.24) is 15.0 Å². The number of hydrogen-bond acceptors (Lipinski definition) is 4. The second kappa shape index (κ2) is 8.42. The molecule has 0 bridgehead atoms. The van der Waals surface area contributed by atoms with Gasteiger partial charge < -0.3 is 5.32 Å². The van der Waals surface area contributed by atoms with Crippen LogP contribution in [0.5, 0.6) is 0 Å². The maximum absolute atomic E-state index is 12.3. The predicted octanol–water partition coefficient (Wildman–Crippen LogP) is 2.36.